The van der Waals surface area contributed by atoms with E-state index >= 15 is 0 Å². The quantitative estimate of drug-likeness (QED) is 0.234. The molecule has 0 unspecified atom stereocenters. The zero-order chi connectivity index (χ0) is 23.0. The fourth-order valence-electron chi connectivity index (χ4n) is 3.69. The lowest BCUT2D eigenvalue weighted by Gasteiger charge is -2.17. The van der Waals surface area contributed by atoms with Crippen molar-refractivity contribution in [3.63, 3.8) is 0 Å². The van der Waals surface area contributed by atoms with Gasteiger partial charge in [0.1, 0.15) is 16.8 Å². The number of benzene rings is 2. The van der Waals surface area contributed by atoms with Crippen molar-refractivity contribution in [1.82, 2.24) is 4.57 Å². The molecule has 9 heteroatoms. The Hall–Kier alpha value is -4.01. The van der Waals surface area contributed by atoms with Crippen LogP contribution in [0.2, 0.25) is 0 Å². The van der Waals surface area contributed by atoms with Crippen LogP contribution in [0, 0.1) is 17.0 Å². The Morgan fingerprint density at radius 1 is 1.31 bits per heavy atom. The number of nitro benzene ring substituents is 1. The van der Waals surface area contributed by atoms with Gasteiger partial charge in [-0.1, -0.05) is 12.1 Å². The third-order valence-corrected chi connectivity index (χ3v) is 5.31. The number of aldehydes is 1. The van der Waals surface area contributed by atoms with Gasteiger partial charge in [0.05, 0.1) is 22.5 Å². The first-order chi connectivity index (χ1) is 15.4. The van der Waals surface area contributed by atoms with Gasteiger partial charge in [-0.15, -0.1) is 0 Å². The number of fused-ring (bicyclic) bond motifs is 1. The van der Waals surface area contributed by atoms with E-state index in [-0.39, 0.29) is 51.9 Å². The number of pyridine rings is 1. The van der Waals surface area contributed by atoms with Crippen molar-refractivity contribution < 1.29 is 24.0 Å². The molecule has 0 amide bonds. The van der Waals surface area contributed by atoms with Crippen molar-refractivity contribution in [3.05, 3.63) is 73.6 Å². The van der Waals surface area contributed by atoms with Gasteiger partial charge in [0.25, 0.3) is 0 Å². The van der Waals surface area contributed by atoms with Crippen molar-refractivity contribution in [2.24, 2.45) is 0 Å². The van der Waals surface area contributed by atoms with Gasteiger partial charge in [-0.3, -0.25) is 19.7 Å². The van der Waals surface area contributed by atoms with Crippen LogP contribution in [-0.4, -0.2) is 28.4 Å². The Labute approximate surface area is 182 Å². The average molecular weight is 436 g/mol. The Kier molecular flexibility index (Phi) is 5.48. The van der Waals surface area contributed by atoms with Gasteiger partial charge in [0.2, 0.25) is 11.2 Å². The number of nitro groups is 1. The Bertz CT molecular complexity index is 1320. The number of hydrogen-bond acceptors (Lipinski definition) is 7. The van der Waals surface area contributed by atoms with Crippen molar-refractivity contribution in [3.8, 4) is 11.5 Å². The summed E-state index contributed by atoms with van der Waals surface area (Å²) in [5, 5.41) is 12.3. The van der Waals surface area contributed by atoms with E-state index in [0.29, 0.717) is 11.8 Å². The summed E-state index contributed by atoms with van der Waals surface area (Å²) >= 11 is 0. The maximum atomic E-state index is 13.1. The van der Waals surface area contributed by atoms with E-state index in [1.807, 2.05) is 0 Å². The van der Waals surface area contributed by atoms with Crippen LogP contribution in [0.3, 0.4) is 0 Å². The summed E-state index contributed by atoms with van der Waals surface area (Å²) in [7, 11) is 0. The molecule has 0 bridgehead atoms. The van der Waals surface area contributed by atoms with E-state index < -0.39 is 16.3 Å². The summed E-state index contributed by atoms with van der Waals surface area (Å²) in [5.41, 5.74) is -0.551. The molecular formula is C23H20N2O7. The van der Waals surface area contributed by atoms with Crippen LogP contribution in [0.25, 0.3) is 10.9 Å². The molecule has 164 valence electrons. The Morgan fingerprint density at radius 2 is 2.03 bits per heavy atom. The number of nitrogens with zero attached hydrogens (tertiary/aromatic N) is 2. The molecule has 1 aromatic heterocycles. The summed E-state index contributed by atoms with van der Waals surface area (Å²) in [6.45, 7) is 3.30. The lowest BCUT2D eigenvalue weighted by Crippen LogP contribution is -2.21. The Balaban J connectivity index is 2.04. The third kappa shape index (κ3) is 3.62. The van der Waals surface area contributed by atoms with E-state index in [0.717, 1.165) is 12.8 Å². The number of aromatic nitrogens is 1. The van der Waals surface area contributed by atoms with Crippen molar-refractivity contribution in [2.45, 2.75) is 32.7 Å². The third-order valence-electron chi connectivity index (χ3n) is 5.31. The van der Waals surface area contributed by atoms with Gasteiger partial charge in [-0.25, -0.2) is 4.79 Å². The number of hydrogen-bond donors (Lipinski definition) is 0. The molecule has 3 aromatic rings. The number of ether oxygens (including phenoxy) is 2. The molecule has 1 aliphatic carbocycles. The number of esters is 1. The van der Waals surface area contributed by atoms with Crippen molar-refractivity contribution in [2.75, 3.05) is 6.61 Å². The number of rotatable bonds is 7. The normalized spacial score (nSPS) is 13.1. The lowest BCUT2D eigenvalue weighted by atomic mass is 10.0. The van der Waals surface area contributed by atoms with Crippen LogP contribution in [0.4, 0.5) is 5.69 Å². The maximum absolute atomic E-state index is 13.1. The van der Waals surface area contributed by atoms with Crippen LogP contribution in [0.5, 0.6) is 11.5 Å². The largest absolute Gasteiger partial charge is 0.462 e. The van der Waals surface area contributed by atoms with Gasteiger partial charge in [0.15, 0.2) is 6.29 Å². The average Bonchev–Trinajstić information content (AvgIpc) is 3.60. The van der Waals surface area contributed by atoms with Crippen LogP contribution >= 0.6 is 0 Å². The van der Waals surface area contributed by atoms with E-state index in [4.69, 9.17) is 9.47 Å². The zero-order valence-corrected chi connectivity index (χ0v) is 17.5. The number of carbonyl (C=O) groups is 2. The molecular weight excluding hydrogens is 416 g/mol. The molecule has 1 fully saturated rings. The van der Waals surface area contributed by atoms with Crippen LogP contribution in [-0.2, 0) is 4.74 Å². The highest BCUT2D eigenvalue weighted by atomic mass is 16.6. The second-order valence-electron chi connectivity index (χ2n) is 7.51. The molecule has 9 nitrogen and oxygen atoms in total. The minimum absolute atomic E-state index is 0.0441. The fourth-order valence-corrected chi connectivity index (χ4v) is 3.69. The molecule has 32 heavy (non-hydrogen) atoms. The Morgan fingerprint density at radius 3 is 2.66 bits per heavy atom. The highest BCUT2D eigenvalue weighted by Crippen LogP contribution is 2.44. The molecule has 1 aliphatic rings. The van der Waals surface area contributed by atoms with E-state index in [9.17, 15) is 24.5 Å². The van der Waals surface area contributed by atoms with Gasteiger partial charge in [-0.05, 0) is 50.5 Å². The standard InChI is InChI=1S/C23H20N2O7/c1-3-31-23(28)17-11-24(15-8-9-15)19-16(21(17)27)10-13(2)22(20(19)25(29)30)32-18-7-5-4-6-14(18)12-26/h4-7,10-12,15H,3,8-9H2,1-2H3. The van der Waals surface area contributed by atoms with Gasteiger partial charge < -0.3 is 14.0 Å². The van der Waals surface area contributed by atoms with E-state index in [2.05, 4.69) is 0 Å². The topological polar surface area (TPSA) is 118 Å². The van der Waals surface area contributed by atoms with Crippen LogP contribution in [0.1, 0.15) is 52.1 Å². The molecule has 0 saturated heterocycles. The molecule has 0 aliphatic heterocycles. The van der Waals surface area contributed by atoms with Crippen molar-refractivity contribution >= 4 is 28.8 Å². The van der Waals surface area contributed by atoms with Crippen molar-refractivity contribution in [1.29, 1.82) is 0 Å². The summed E-state index contributed by atoms with van der Waals surface area (Å²) in [5.74, 6) is -0.666. The monoisotopic (exact) mass is 436 g/mol. The first-order valence-corrected chi connectivity index (χ1v) is 10.1. The summed E-state index contributed by atoms with van der Waals surface area (Å²) in [6, 6.07) is 7.77. The minimum Gasteiger partial charge on any atom is -0.462 e. The number of para-hydroxylation sites is 1. The summed E-state index contributed by atoms with van der Waals surface area (Å²) < 4.78 is 12.5. The van der Waals surface area contributed by atoms with Gasteiger partial charge in [0, 0.05) is 12.2 Å². The first-order valence-electron chi connectivity index (χ1n) is 10.1. The molecule has 2 aromatic carbocycles. The van der Waals surface area contributed by atoms with Gasteiger partial charge >= 0.3 is 11.7 Å². The summed E-state index contributed by atoms with van der Waals surface area (Å²) in [4.78, 5) is 48.5. The zero-order valence-electron chi connectivity index (χ0n) is 17.5. The van der Waals surface area contributed by atoms with E-state index in [1.54, 1.807) is 30.5 Å². The molecule has 0 N–H and O–H groups in total. The molecule has 1 saturated carbocycles. The smallest absolute Gasteiger partial charge is 0.343 e. The molecule has 1 heterocycles. The van der Waals surface area contributed by atoms with Crippen LogP contribution in [0.15, 0.2) is 41.3 Å². The minimum atomic E-state index is -0.769. The second-order valence-corrected chi connectivity index (χ2v) is 7.51. The number of carbonyl (C=O) groups excluding carboxylic acids is 2. The predicted molar refractivity (Wildman–Crippen MR) is 116 cm³/mol. The van der Waals surface area contributed by atoms with Gasteiger partial charge in [-0.2, -0.15) is 0 Å². The number of aryl methyl sites for hydroxylation is 1. The predicted octanol–water partition coefficient (Wildman–Crippen LogP) is 4.33. The van der Waals surface area contributed by atoms with E-state index in [1.165, 1.54) is 24.4 Å². The first kappa shape index (κ1) is 21.2. The second kappa shape index (κ2) is 8.26. The lowest BCUT2D eigenvalue weighted by molar-refractivity contribution is -0.384. The highest BCUT2D eigenvalue weighted by Gasteiger charge is 2.34. The summed E-state index contributed by atoms with van der Waals surface area (Å²) in [6.07, 6.45) is 3.46. The molecule has 0 radical (unpaired) electrons. The molecule has 4 rings (SSSR count). The molecule has 0 atom stereocenters. The maximum Gasteiger partial charge on any atom is 0.343 e. The molecule has 0 spiro atoms. The SMILES string of the molecule is CCOC(=O)c1cn(C2CC2)c2c([N+](=O)[O-])c(Oc3ccccc3C=O)c(C)cc2c1=O. The fraction of sp³-hybridized carbons (Fsp3) is 0.261. The van der Waals surface area contributed by atoms with Crippen LogP contribution < -0.4 is 10.2 Å². The highest BCUT2D eigenvalue weighted by molar-refractivity contribution is 5.98.